The number of nitrogens with one attached hydrogen (secondary N) is 2. The highest BCUT2D eigenvalue weighted by molar-refractivity contribution is 7.80. The molecule has 0 atom stereocenters. The van der Waals surface area contributed by atoms with E-state index in [2.05, 4.69) is 10.6 Å². The maximum atomic E-state index is 10.9. The summed E-state index contributed by atoms with van der Waals surface area (Å²) in [5.41, 5.74) is 2.71. The number of hydrogen-bond acceptors (Lipinski definition) is 4. The van der Waals surface area contributed by atoms with Gasteiger partial charge in [0.15, 0.2) is 5.11 Å². The largest absolute Gasteiger partial charge is 0.459 e. The van der Waals surface area contributed by atoms with Crippen LogP contribution in [-0.2, 0) is 11.4 Å². The Morgan fingerprint density at radius 1 is 1.33 bits per heavy atom. The van der Waals surface area contributed by atoms with E-state index >= 15 is 0 Å². The molecule has 1 amide bonds. The summed E-state index contributed by atoms with van der Waals surface area (Å²) in [5, 5.41) is 14.7. The van der Waals surface area contributed by atoms with Gasteiger partial charge < -0.3 is 20.2 Å². The van der Waals surface area contributed by atoms with Crippen LogP contribution in [0.5, 0.6) is 0 Å². The predicted octanol–water partition coefficient (Wildman–Crippen LogP) is 2.58. The third kappa shape index (κ3) is 3.90. The van der Waals surface area contributed by atoms with Gasteiger partial charge in [-0.1, -0.05) is 0 Å². The molecule has 0 aliphatic carbocycles. The van der Waals surface area contributed by atoms with Crippen LogP contribution in [0.1, 0.15) is 18.2 Å². The van der Waals surface area contributed by atoms with Gasteiger partial charge in [-0.15, -0.1) is 0 Å². The lowest BCUT2D eigenvalue weighted by atomic mass is 10.1. The minimum Gasteiger partial charge on any atom is -0.459 e. The average Bonchev–Trinajstić information content (AvgIpc) is 2.86. The number of aliphatic hydroxyl groups excluding tert-OH is 1. The van der Waals surface area contributed by atoms with Crippen LogP contribution in [0.2, 0.25) is 0 Å². The molecule has 0 saturated heterocycles. The number of anilines is 1. The summed E-state index contributed by atoms with van der Waals surface area (Å²) in [4.78, 5) is 10.9. The molecule has 5 nitrogen and oxygen atoms in total. The Bertz CT molecular complexity index is 679. The second kappa shape index (κ2) is 6.51. The number of aliphatic hydroxyl groups is 1. The van der Waals surface area contributed by atoms with Crippen LogP contribution in [0.15, 0.2) is 34.7 Å². The highest BCUT2D eigenvalue weighted by atomic mass is 32.1. The SMILES string of the molecule is CC(=O)NC(=S)Nc1ccc(-c2ccc(CO)o2)c(C)c1. The van der Waals surface area contributed by atoms with Crippen molar-refractivity contribution in [3.05, 3.63) is 41.7 Å². The van der Waals surface area contributed by atoms with E-state index in [0.717, 1.165) is 16.8 Å². The molecule has 3 N–H and O–H groups in total. The number of carbonyl (C=O) groups is 1. The summed E-state index contributed by atoms with van der Waals surface area (Å²) >= 11 is 5.01. The monoisotopic (exact) mass is 304 g/mol. The highest BCUT2D eigenvalue weighted by Crippen LogP contribution is 2.27. The van der Waals surface area contributed by atoms with E-state index in [4.69, 9.17) is 21.7 Å². The van der Waals surface area contributed by atoms with Crippen molar-refractivity contribution in [1.82, 2.24) is 5.32 Å². The fourth-order valence-electron chi connectivity index (χ4n) is 1.95. The van der Waals surface area contributed by atoms with Crippen LogP contribution in [0.25, 0.3) is 11.3 Å². The summed E-state index contributed by atoms with van der Waals surface area (Å²) in [7, 11) is 0. The topological polar surface area (TPSA) is 74.5 Å². The van der Waals surface area contributed by atoms with Crippen molar-refractivity contribution in [3.63, 3.8) is 0 Å². The van der Waals surface area contributed by atoms with E-state index in [0.29, 0.717) is 11.5 Å². The minimum absolute atomic E-state index is 0.121. The summed E-state index contributed by atoms with van der Waals surface area (Å²) < 4.78 is 5.52. The van der Waals surface area contributed by atoms with Crippen LogP contribution < -0.4 is 10.6 Å². The third-order valence-electron chi connectivity index (χ3n) is 2.86. The van der Waals surface area contributed by atoms with Crippen molar-refractivity contribution in [2.75, 3.05) is 5.32 Å². The van der Waals surface area contributed by atoms with Crippen molar-refractivity contribution >= 4 is 28.9 Å². The molecule has 0 unspecified atom stereocenters. The standard InChI is InChI=1S/C15H16N2O3S/c1-9-7-11(17-15(21)16-10(2)19)3-5-13(9)14-6-4-12(8-18)20-14/h3-7,18H,8H2,1-2H3,(H2,16,17,19,21). The Labute approximate surface area is 128 Å². The highest BCUT2D eigenvalue weighted by Gasteiger charge is 2.08. The maximum absolute atomic E-state index is 10.9. The molecule has 0 saturated carbocycles. The van der Waals surface area contributed by atoms with Gasteiger partial charge in [0, 0.05) is 18.2 Å². The zero-order valence-corrected chi connectivity index (χ0v) is 12.6. The molecule has 1 heterocycles. The van der Waals surface area contributed by atoms with Crippen molar-refractivity contribution in [1.29, 1.82) is 0 Å². The fourth-order valence-corrected chi connectivity index (χ4v) is 2.21. The van der Waals surface area contributed by atoms with Crippen molar-refractivity contribution < 1.29 is 14.3 Å². The number of furan rings is 1. The Balaban J connectivity index is 2.17. The van der Waals surface area contributed by atoms with Crippen LogP contribution in [-0.4, -0.2) is 16.1 Å². The molecule has 0 spiro atoms. The molecular weight excluding hydrogens is 288 g/mol. The van der Waals surface area contributed by atoms with E-state index in [1.165, 1.54) is 6.92 Å². The van der Waals surface area contributed by atoms with E-state index in [-0.39, 0.29) is 17.6 Å². The van der Waals surface area contributed by atoms with Gasteiger partial charge in [0.1, 0.15) is 18.1 Å². The molecule has 2 rings (SSSR count). The van der Waals surface area contributed by atoms with Gasteiger partial charge in [0.05, 0.1) is 0 Å². The lowest BCUT2D eigenvalue weighted by Gasteiger charge is -2.10. The van der Waals surface area contributed by atoms with Crippen molar-refractivity contribution in [3.8, 4) is 11.3 Å². The number of rotatable bonds is 3. The zero-order chi connectivity index (χ0) is 15.4. The quantitative estimate of drug-likeness (QED) is 0.760. The van der Waals surface area contributed by atoms with Crippen LogP contribution in [0.4, 0.5) is 5.69 Å². The molecule has 2 aromatic rings. The number of aryl methyl sites for hydroxylation is 1. The Morgan fingerprint density at radius 2 is 2.10 bits per heavy atom. The van der Waals surface area contributed by atoms with Crippen LogP contribution in [0.3, 0.4) is 0 Å². The third-order valence-corrected chi connectivity index (χ3v) is 3.06. The molecule has 1 aromatic heterocycles. The summed E-state index contributed by atoms with van der Waals surface area (Å²) in [6.45, 7) is 3.23. The van der Waals surface area contributed by atoms with E-state index in [9.17, 15) is 4.79 Å². The first-order chi connectivity index (χ1) is 9.99. The van der Waals surface area contributed by atoms with Gasteiger partial charge in [-0.3, -0.25) is 4.79 Å². The summed E-state index contributed by atoms with van der Waals surface area (Å²) in [6, 6.07) is 9.21. The molecule has 1 aromatic carbocycles. The summed E-state index contributed by atoms with van der Waals surface area (Å²) in [5.74, 6) is 1.01. The minimum atomic E-state index is -0.215. The predicted molar refractivity (Wildman–Crippen MR) is 84.8 cm³/mol. The maximum Gasteiger partial charge on any atom is 0.222 e. The number of hydrogen-bond donors (Lipinski definition) is 3. The van der Waals surface area contributed by atoms with E-state index in [1.54, 1.807) is 6.07 Å². The molecule has 0 aliphatic rings. The number of amides is 1. The number of benzene rings is 1. The Kier molecular flexibility index (Phi) is 4.72. The lowest BCUT2D eigenvalue weighted by Crippen LogP contribution is -2.32. The van der Waals surface area contributed by atoms with Gasteiger partial charge in [-0.25, -0.2) is 0 Å². The average molecular weight is 304 g/mol. The molecular formula is C15H16N2O3S. The molecule has 110 valence electrons. The smallest absolute Gasteiger partial charge is 0.222 e. The lowest BCUT2D eigenvalue weighted by molar-refractivity contribution is -0.117. The first kappa shape index (κ1) is 15.2. The molecule has 21 heavy (non-hydrogen) atoms. The molecule has 0 radical (unpaired) electrons. The van der Waals surface area contributed by atoms with Crippen LogP contribution >= 0.6 is 12.2 Å². The van der Waals surface area contributed by atoms with E-state index < -0.39 is 0 Å². The van der Waals surface area contributed by atoms with Gasteiger partial charge in [0.25, 0.3) is 0 Å². The van der Waals surface area contributed by atoms with Crippen molar-refractivity contribution in [2.24, 2.45) is 0 Å². The molecule has 0 fully saturated rings. The second-order valence-corrected chi connectivity index (χ2v) is 5.00. The van der Waals surface area contributed by atoms with Gasteiger partial charge in [-0.05, 0) is 55.0 Å². The molecule has 0 bridgehead atoms. The normalized spacial score (nSPS) is 10.2. The van der Waals surface area contributed by atoms with Crippen molar-refractivity contribution in [2.45, 2.75) is 20.5 Å². The second-order valence-electron chi connectivity index (χ2n) is 4.59. The Morgan fingerprint density at radius 3 is 2.67 bits per heavy atom. The van der Waals surface area contributed by atoms with Gasteiger partial charge >= 0.3 is 0 Å². The first-order valence-corrected chi connectivity index (χ1v) is 6.79. The Hall–Kier alpha value is -2.18. The van der Waals surface area contributed by atoms with Crippen LogP contribution in [0, 0.1) is 6.92 Å². The zero-order valence-electron chi connectivity index (χ0n) is 11.8. The summed E-state index contributed by atoms with van der Waals surface area (Å²) in [6.07, 6.45) is 0. The number of carbonyl (C=O) groups excluding carboxylic acids is 1. The fraction of sp³-hybridized carbons (Fsp3) is 0.200. The number of thiocarbonyl (C=S) groups is 1. The van der Waals surface area contributed by atoms with Gasteiger partial charge in [0.2, 0.25) is 5.91 Å². The van der Waals surface area contributed by atoms with E-state index in [1.807, 2.05) is 31.2 Å². The first-order valence-electron chi connectivity index (χ1n) is 6.38. The molecule has 0 aliphatic heterocycles. The molecule has 6 heteroatoms. The van der Waals surface area contributed by atoms with Gasteiger partial charge in [-0.2, -0.15) is 0 Å².